The molecule has 0 aliphatic rings. The number of alkyl halides is 1. The highest BCUT2D eigenvalue weighted by molar-refractivity contribution is 9.11. The fourth-order valence-electron chi connectivity index (χ4n) is 2.15. The normalized spacial score (nSPS) is 12.1. The van der Waals surface area contributed by atoms with Crippen LogP contribution in [0.25, 0.3) is 0 Å². The van der Waals surface area contributed by atoms with Crippen LogP contribution in [0.4, 0.5) is 0 Å². The molecule has 0 heterocycles. The fraction of sp³-hybridized carbons (Fsp3) is 0.250. The van der Waals surface area contributed by atoms with E-state index in [1.807, 2.05) is 24.3 Å². The summed E-state index contributed by atoms with van der Waals surface area (Å²) < 4.78 is 12.9. The lowest BCUT2D eigenvalue weighted by Gasteiger charge is -2.18. The highest BCUT2D eigenvalue weighted by Crippen LogP contribution is 2.41. The van der Waals surface area contributed by atoms with Crippen LogP contribution in [0.3, 0.4) is 0 Å². The van der Waals surface area contributed by atoms with Gasteiger partial charge in [0.15, 0.2) is 11.5 Å². The fourth-order valence-corrected chi connectivity index (χ4v) is 4.18. The van der Waals surface area contributed by atoms with E-state index in [-0.39, 0.29) is 4.83 Å². The Kier molecular flexibility index (Phi) is 5.74. The molecule has 0 fully saturated rings. The molecule has 0 saturated heterocycles. The Hall–Kier alpha value is -0.520. The van der Waals surface area contributed by atoms with E-state index in [1.165, 1.54) is 0 Å². The lowest BCUT2D eigenvalue weighted by Crippen LogP contribution is -2.00. The molecule has 2 rings (SSSR count). The van der Waals surface area contributed by atoms with E-state index in [4.69, 9.17) is 9.47 Å². The molecule has 112 valence electrons. The molecule has 1 unspecified atom stereocenters. The summed E-state index contributed by atoms with van der Waals surface area (Å²) in [5.41, 5.74) is 3.44. The van der Waals surface area contributed by atoms with E-state index in [1.54, 1.807) is 14.2 Å². The number of halogens is 3. The van der Waals surface area contributed by atoms with Gasteiger partial charge in [-0.2, -0.15) is 0 Å². The number of rotatable bonds is 4. The molecule has 21 heavy (non-hydrogen) atoms. The number of hydrogen-bond donors (Lipinski definition) is 0. The van der Waals surface area contributed by atoms with Crippen molar-refractivity contribution in [1.29, 1.82) is 0 Å². The Labute approximate surface area is 150 Å². The molecule has 0 bridgehead atoms. The summed E-state index contributed by atoms with van der Waals surface area (Å²) >= 11 is 10.9. The highest BCUT2D eigenvalue weighted by Gasteiger charge is 2.19. The van der Waals surface area contributed by atoms with E-state index < -0.39 is 0 Å². The first kappa shape index (κ1) is 16.8. The van der Waals surface area contributed by atoms with Crippen LogP contribution in [0.1, 0.15) is 21.5 Å². The van der Waals surface area contributed by atoms with E-state index >= 15 is 0 Å². The molecule has 2 aromatic rings. The largest absolute Gasteiger partial charge is 0.493 e. The van der Waals surface area contributed by atoms with Gasteiger partial charge in [0.1, 0.15) is 0 Å². The summed E-state index contributed by atoms with van der Waals surface area (Å²) in [4.78, 5) is 0.0594. The Bertz CT molecular complexity index is 656. The first-order chi connectivity index (χ1) is 9.97. The van der Waals surface area contributed by atoms with Crippen molar-refractivity contribution >= 4 is 47.8 Å². The quantitative estimate of drug-likeness (QED) is 0.500. The molecule has 1 atom stereocenters. The van der Waals surface area contributed by atoms with Crippen molar-refractivity contribution in [3.8, 4) is 11.5 Å². The van der Waals surface area contributed by atoms with Gasteiger partial charge in [-0.25, -0.2) is 0 Å². The Morgan fingerprint density at radius 1 is 0.905 bits per heavy atom. The van der Waals surface area contributed by atoms with E-state index in [2.05, 4.69) is 60.8 Å². The Balaban J connectivity index is 2.52. The number of aryl methyl sites for hydroxylation is 1. The first-order valence-corrected chi connectivity index (χ1v) is 8.79. The predicted octanol–water partition coefficient (Wildman–Crippen LogP) is 6.02. The van der Waals surface area contributed by atoms with Gasteiger partial charge < -0.3 is 9.47 Å². The summed E-state index contributed by atoms with van der Waals surface area (Å²) in [5, 5.41) is 0. The zero-order valence-corrected chi connectivity index (χ0v) is 16.7. The van der Waals surface area contributed by atoms with Crippen LogP contribution in [-0.2, 0) is 0 Å². The van der Waals surface area contributed by atoms with Crippen LogP contribution in [0.5, 0.6) is 11.5 Å². The third-order valence-electron chi connectivity index (χ3n) is 3.28. The smallest absolute Gasteiger partial charge is 0.161 e. The maximum atomic E-state index is 5.41. The molecule has 0 aromatic heterocycles. The predicted molar refractivity (Wildman–Crippen MR) is 96.9 cm³/mol. The molecule has 5 heteroatoms. The van der Waals surface area contributed by atoms with Gasteiger partial charge in [0, 0.05) is 8.95 Å². The maximum absolute atomic E-state index is 5.41. The highest BCUT2D eigenvalue weighted by atomic mass is 79.9. The maximum Gasteiger partial charge on any atom is 0.161 e. The molecule has 0 spiro atoms. The lowest BCUT2D eigenvalue weighted by molar-refractivity contribution is 0.354. The zero-order chi connectivity index (χ0) is 15.6. The van der Waals surface area contributed by atoms with Gasteiger partial charge in [0.25, 0.3) is 0 Å². The minimum atomic E-state index is 0.0594. The van der Waals surface area contributed by atoms with E-state index in [0.29, 0.717) is 0 Å². The molecule has 2 nitrogen and oxygen atoms in total. The monoisotopic (exact) mass is 476 g/mol. The summed E-state index contributed by atoms with van der Waals surface area (Å²) in [6.07, 6.45) is 0. The van der Waals surface area contributed by atoms with Crippen molar-refractivity contribution in [2.24, 2.45) is 0 Å². The van der Waals surface area contributed by atoms with Gasteiger partial charge in [-0.1, -0.05) is 47.8 Å². The Morgan fingerprint density at radius 2 is 1.52 bits per heavy atom. The molecule has 2 aromatic carbocycles. The first-order valence-electron chi connectivity index (χ1n) is 6.29. The van der Waals surface area contributed by atoms with Gasteiger partial charge in [-0.15, -0.1) is 0 Å². The van der Waals surface area contributed by atoms with Crippen molar-refractivity contribution in [2.75, 3.05) is 14.2 Å². The van der Waals surface area contributed by atoms with Crippen LogP contribution in [0.15, 0.2) is 39.3 Å². The summed E-state index contributed by atoms with van der Waals surface area (Å²) in [5.74, 6) is 1.47. The molecule has 0 radical (unpaired) electrons. The van der Waals surface area contributed by atoms with Crippen molar-refractivity contribution in [3.63, 3.8) is 0 Å². The number of hydrogen-bond acceptors (Lipinski definition) is 2. The third-order valence-corrected chi connectivity index (χ3v) is 5.48. The van der Waals surface area contributed by atoms with Gasteiger partial charge in [0.2, 0.25) is 0 Å². The van der Waals surface area contributed by atoms with Crippen LogP contribution in [0, 0.1) is 6.92 Å². The SMILES string of the molecule is COc1cc(C)c(C(Br)c2cc(Br)ccc2Br)cc1OC. The van der Waals surface area contributed by atoms with Gasteiger partial charge in [-0.05, 0) is 53.9 Å². The van der Waals surface area contributed by atoms with Crippen LogP contribution in [0.2, 0.25) is 0 Å². The standard InChI is InChI=1S/C16H15Br3O2/c1-9-6-14(20-2)15(21-3)8-11(9)16(19)12-7-10(17)4-5-13(12)18/h4-8,16H,1-3H3. The summed E-state index contributed by atoms with van der Waals surface area (Å²) in [6, 6.07) is 10.1. The average molecular weight is 479 g/mol. The van der Waals surface area contributed by atoms with E-state index in [9.17, 15) is 0 Å². The van der Waals surface area contributed by atoms with Gasteiger partial charge >= 0.3 is 0 Å². The third kappa shape index (κ3) is 3.63. The van der Waals surface area contributed by atoms with E-state index in [0.717, 1.165) is 37.1 Å². The molecule has 0 aliphatic carbocycles. The number of methoxy groups -OCH3 is 2. The van der Waals surface area contributed by atoms with Crippen molar-refractivity contribution in [3.05, 3.63) is 56.0 Å². The average Bonchev–Trinajstić information content (AvgIpc) is 2.48. The van der Waals surface area contributed by atoms with Gasteiger partial charge in [-0.3, -0.25) is 0 Å². The van der Waals surface area contributed by atoms with Crippen molar-refractivity contribution in [1.82, 2.24) is 0 Å². The van der Waals surface area contributed by atoms with Crippen LogP contribution >= 0.6 is 47.8 Å². The minimum absolute atomic E-state index is 0.0594. The zero-order valence-electron chi connectivity index (χ0n) is 11.9. The summed E-state index contributed by atoms with van der Waals surface area (Å²) in [7, 11) is 3.29. The molecule has 0 aliphatic heterocycles. The molecule has 0 N–H and O–H groups in total. The topological polar surface area (TPSA) is 18.5 Å². The van der Waals surface area contributed by atoms with Crippen molar-refractivity contribution in [2.45, 2.75) is 11.8 Å². The molecule has 0 saturated carbocycles. The summed E-state index contributed by atoms with van der Waals surface area (Å²) in [6.45, 7) is 2.07. The Morgan fingerprint density at radius 3 is 2.14 bits per heavy atom. The number of benzene rings is 2. The molecule has 0 amide bonds. The minimum Gasteiger partial charge on any atom is -0.493 e. The van der Waals surface area contributed by atoms with Gasteiger partial charge in [0.05, 0.1) is 19.0 Å². The van der Waals surface area contributed by atoms with Crippen molar-refractivity contribution < 1.29 is 9.47 Å². The molecular weight excluding hydrogens is 464 g/mol. The second-order valence-corrected chi connectivity index (χ2v) is 7.28. The number of ether oxygens (including phenoxy) is 2. The molecular formula is C16H15Br3O2. The van der Waals surface area contributed by atoms with Crippen LogP contribution < -0.4 is 9.47 Å². The lowest BCUT2D eigenvalue weighted by atomic mass is 9.99. The second-order valence-electron chi connectivity index (χ2n) is 4.59. The van der Waals surface area contributed by atoms with Crippen LogP contribution in [-0.4, -0.2) is 14.2 Å². The second kappa shape index (κ2) is 7.16.